The first kappa shape index (κ1) is 12.5. The molecule has 1 aromatic heterocycles. The zero-order valence-corrected chi connectivity index (χ0v) is 10.1. The van der Waals surface area contributed by atoms with Crippen LogP contribution in [0.2, 0.25) is 0 Å². The van der Waals surface area contributed by atoms with Crippen molar-refractivity contribution >= 4 is 12.4 Å². The van der Waals surface area contributed by atoms with Crippen LogP contribution in [0.25, 0.3) is 0 Å². The molecule has 0 saturated carbocycles. The van der Waals surface area contributed by atoms with Crippen LogP contribution in [0.4, 0.5) is 0 Å². The van der Waals surface area contributed by atoms with Crippen molar-refractivity contribution in [3.63, 3.8) is 0 Å². The number of nitrogens with zero attached hydrogens (tertiary/aromatic N) is 2. The minimum atomic E-state index is 0. The average Bonchev–Trinajstić information content (AvgIpc) is 2.67. The molecule has 5 heteroatoms. The monoisotopic (exact) mass is 230 g/mol. The summed E-state index contributed by atoms with van der Waals surface area (Å²) < 4.78 is 0. The number of H-pyrrole nitrogens is 1. The van der Waals surface area contributed by atoms with Crippen molar-refractivity contribution in [1.82, 2.24) is 15.1 Å². The quantitative estimate of drug-likeness (QED) is 0.797. The number of nitrogens with two attached hydrogens (primary N) is 1. The lowest BCUT2D eigenvalue weighted by molar-refractivity contribution is 0.325. The molecule has 3 N–H and O–H groups in total. The second kappa shape index (κ2) is 4.96. The molecule has 1 aliphatic rings. The second-order valence-electron chi connectivity index (χ2n) is 4.20. The normalized spacial score (nSPS) is 21.7. The van der Waals surface area contributed by atoms with Crippen LogP contribution in [-0.4, -0.2) is 34.2 Å². The van der Waals surface area contributed by atoms with Crippen LogP contribution < -0.4 is 5.73 Å². The molecule has 2 rings (SSSR count). The Balaban J connectivity index is 0.00000112. The number of rotatable bonds is 2. The summed E-state index contributed by atoms with van der Waals surface area (Å²) in [6.07, 6.45) is 1.12. The summed E-state index contributed by atoms with van der Waals surface area (Å²) in [5.74, 6) is 0. The molecule has 1 aromatic rings. The van der Waals surface area contributed by atoms with E-state index in [0.717, 1.165) is 31.7 Å². The van der Waals surface area contributed by atoms with Gasteiger partial charge in [0.2, 0.25) is 0 Å². The Morgan fingerprint density at radius 1 is 1.53 bits per heavy atom. The molecule has 1 fully saturated rings. The van der Waals surface area contributed by atoms with Crippen molar-refractivity contribution in [2.75, 3.05) is 13.1 Å². The Morgan fingerprint density at radius 2 is 2.27 bits per heavy atom. The Hall–Kier alpha value is -0.580. The number of nitrogens with one attached hydrogen (secondary N) is 1. The Labute approximate surface area is 96.6 Å². The summed E-state index contributed by atoms with van der Waals surface area (Å²) in [4.78, 5) is 2.40. The zero-order chi connectivity index (χ0) is 10.1. The number of halogens is 1. The highest BCUT2D eigenvalue weighted by molar-refractivity contribution is 5.85. The minimum Gasteiger partial charge on any atom is -0.326 e. The van der Waals surface area contributed by atoms with Crippen LogP contribution in [0.3, 0.4) is 0 Å². The summed E-state index contributed by atoms with van der Waals surface area (Å²) >= 11 is 0. The van der Waals surface area contributed by atoms with Crippen LogP contribution in [0.1, 0.15) is 23.4 Å². The van der Waals surface area contributed by atoms with E-state index in [1.807, 2.05) is 0 Å². The largest absolute Gasteiger partial charge is 0.326 e. The molecule has 15 heavy (non-hydrogen) atoms. The number of aryl methyl sites for hydroxylation is 2. The van der Waals surface area contributed by atoms with Gasteiger partial charge in [-0.1, -0.05) is 0 Å². The number of hydrogen-bond acceptors (Lipinski definition) is 3. The molecule has 86 valence electrons. The molecular weight excluding hydrogens is 212 g/mol. The van der Waals surface area contributed by atoms with E-state index in [1.54, 1.807) is 0 Å². The summed E-state index contributed by atoms with van der Waals surface area (Å²) in [6.45, 7) is 7.25. The van der Waals surface area contributed by atoms with Gasteiger partial charge in [0, 0.05) is 36.9 Å². The number of aromatic nitrogens is 2. The molecule has 0 amide bonds. The predicted molar refractivity (Wildman–Crippen MR) is 63.2 cm³/mol. The van der Waals surface area contributed by atoms with Crippen LogP contribution in [0, 0.1) is 13.8 Å². The van der Waals surface area contributed by atoms with Crippen LogP contribution in [0.5, 0.6) is 0 Å². The summed E-state index contributed by atoms with van der Waals surface area (Å²) in [6, 6.07) is 0.363. The predicted octanol–water partition coefficient (Wildman–Crippen LogP) is 0.981. The van der Waals surface area contributed by atoms with Crippen molar-refractivity contribution in [2.45, 2.75) is 32.9 Å². The van der Waals surface area contributed by atoms with Crippen molar-refractivity contribution in [3.8, 4) is 0 Å². The maximum Gasteiger partial charge on any atom is 0.0639 e. The van der Waals surface area contributed by atoms with Gasteiger partial charge in [0.25, 0.3) is 0 Å². The first-order valence-corrected chi connectivity index (χ1v) is 5.15. The highest BCUT2D eigenvalue weighted by Gasteiger charge is 2.20. The molecule has 1 saturated heterocycles. The van der Waals surface area contributed by atoms with Crippen LogP contribution in [0.15, 0.2) is 0 Å². The topological polar surface area (TPSA) is 57.9 Å². The van der Waals surface area contributed by atoms with E-state index >= 15 is 0 Å². The fourth-order valence-electron chi connectivity index (χ4n) is 2.04. The maximum absolute atomic E-state index is 5.87. The van der Waals surface area contributed by atoms with Gasteiger partial charge < -0.3 is 5.73 Å². The van der Waals surface area contributed by atoms with Crippen molar-refractivity contribution in [3.05, 3.63) is 17.0 Å². The lowest BCUT2D eigenvalue weighted by atomic mass is 10.2. The molecule has 0 aromatic carbocycles. The zero-order valence-electron chi connectivity index (χ0n) is 9.29. The molecule has 0 spiro atoms. The molecule has 1 atom stereocenters. The first-order chi connectivity index (χ1) is 6.66. The third-order valence-electron chi connectivity index (χ3n) is 2.97. The van der Waals surface area contributed by atoms with Gasteiger partial charge in [-0.05, 0) is 20.3 Å². The number of hydrogen-bond donors (Lipinski definition) is 2. The van der Waals surface area contributed by atoms with Gasteiger partial charge in [-0.25, -0.2) is 0 Å². The highest BCUT2D eigenvalue weighted by atomic mass is 35.5. The third-order valence-corrected chi connectivity index (χ3v) is 2.97. The minimum absolute atomic E-state index is 0. The molecule has 0 bridgehead atoms. The number of likely N-dealkylation sites (tertiary alicyclic amines) is 1. The first-order valence-electron chi connectivity index (χ1n) is 5.15. The van der Waals surface area contributed by atoms with Crippen molar-refractivity contribution < 1.29 is 0 Å². The Kier molecular flexibility index (Phi) is 4.13. The van der Waals surface area contributed by atoms with Crippen molar-refractivity contribution in [2.24, 2.45) is 5.73 Å². The Morgan fingerprint density at radius 3 is 2.73 bits per heavy atom. The van der Waals surface area contributed by atoms with Gasteiger partial charge in [0.1, 0.15) is 0 Å². The smallest absolute Gasteiger partial charge is 0.0639 e. The Bertz CT molecular complexity index is 304. The number of aromatic amines is 1. The van der Waals surface area contributed by atoms with Crippen molar-refractivity contribution in [1.29, 1.82) is 0 Å². The van der Waals surface area contributed by atoms with E-state index in [1.165, 1.54) is 11.3 Å². The average molecular weight is 231 g/mol. The second-order valence-corrected chi connectivity index (χ2v) is 4.20. The molecule has 0 aliphatic carbocycles. The van der Waals surface area contributed by atoms with Gasteiger partial charge in [0.15, 0.2) is 0 Å². The highest BCUT2D eigenvalue weighted by Crippen LogP contribution is 2.16. The molecule has 4 nitrogen and oxygen atoms in total. The fourth-order valence-corrected chi connectivity index (χ4v) is 2.04. The molecule has 2 heterocycles. The van der Waals surface area contributed by atoms with E-state index in [0.29, 0.717) is 6.04 Å². The van der Waals surface area contributed by atoms with E-state index in [-0.39, 0.29) is 12.4 Å². The van der Waals surface area contributed by atoms with Crippen LogP contribution >= 0.6 is 12.4 Å². The SMILES string of the molecule is Cc1n[nH]c(C)c1CN1CC[C@H](N)C1.Cl. The lowest BCUT2D eigenvalue weighted by Gasteiger charge is -2.14. The van der Waals surface area contributed by atoms with E-state index < -0.39 is 0 Å². The van der Waals surface area contributed by atoms with Gasteiger partial charge in [-0.3, -0.25) is 10.00 Å². The van der Waals surface area contributed by atoms with E-state index in [4.69, 9.17) is 5.73 Å². The third kappa shape index (κ3) is 2.71. The van der Waals surface area contributed by atoms with Gasteiger partial charge in [0.05, 0.1) is 5.69 Å². The lowest BCUT2D eigenvalue weighted by Crippen LogP contribution is -2.26. The van der Waals surface area contributed by atoms with Gasteiger partial charge >= 0.3 is 0 Å². The standard InChI is InChI=1S/C10H18N4.ClH/c1-7-10(8(2)13-12-7)6-14-4-3-9(11)5-14;/h9H,3-6,11H2,1-2H3,(H,12,13);1H/t9-;/m0./s1. The molecule has 1 aliphatic heterocycles. The fraction of sp³-hybridized carbons (Fsp3) is 0.700. The van der Waals surface area contributed by atoms with E-state index in [2.05, 4.69) is 28.9 Å². The summed E-state index contributed by atoms with van der Waals surface area (Å²) in [7, 11) is 0. The molecule has 0 unspecified atom stereocenters. The van der Waals surface area contributed by atoms with Gasteiger partial charge in [-0.2, -0.15) is 5.10 Å². The molecular formula is C10H19ClN4. The van der Waals surface area contributed by atoms with Crippen LogP contribution in [-0.2, 0) is 6.54 Å². The van der Waals surface area contributed by atoms with Gasteiger partial charge in [-0.15, -0.1) is 12.4 Å². The molecule has 0 radical (unpaired) electrons. The van der Waals surface area contributed by atoms with E-state index in [9.17, 15) is 0 Å². The summed E-state index contributed by atoms with van der Waals surface area (Å²) in [5, 5.41) is 7.21. The maximum atomic E-state index is 5.87. The summed E-state index contributed by atoms with van der Waals surface area (Å²) in [5.41, 5.74) is 9.49.